The van der Waals surface area contributed by atoms with Crippen molar-refractivity contribution >= 4 is 5.78 Å². The van der Waals surface area contributed by atoms with Crippen LogP contribution in [-0.2, 0) is 23.7 Å². The molecule has 0 amide bonds. The fourth-order valence-corrected chi connectivity index (χ4v) is 5.81. The molecule has 252 valence electrons. The Balaban J connectivity index is 1.76. The van der Waals surface area contributed by atoms with Crippen LogP contribution < -0.4 is 34.0 Å². The minimum absolute atomic E-state index is 0.0473. The zero-order valence-electron chi connectivity index (χ0n) is 24.3. The van der Waals surface area contributed by atoms with Crippen LogP contribution in [0.5, 0.6) is 0 Å². The quantitative estimate of drug-likeness (QED) is 0.0805. The molecule has 2 unspecified atom stereocenters. The van der Waals surface area contributed by atoms with Gasteiger partial charge in [0.1, 0.15) is 36.6 Å². The first-order valence-electron chi connectivity index (χ1n) is 14.9. The van der Waals surface area contributed by atoms with Crippen LogP contribution >= 0.6 is 0 Å². The largest absolute Gasteiger partial charge is 0.395 e. The molecule has 1 saturated carbocycles. The minimum Gasteiger partial charge on any atom is -0.395 e. The van der Waals surface area contributed by atoms with E-state index in [1.54, 1.807) is 0 Å². The van der Waals surface area contributed by atoms with Gasteiger partial charge in [0.2, 0.25) is 0 Å². The molecular formula is C26H52N6O11. The van der Waals surface area contributed by atoms with Crippen LogP contribution in [0, 0.1) is 5.92 Å². The first-order chi connectivity index (χ1) is 20.4. The van der Waals surface area contributed by atoms with Crippen LogP contribution in [0.2, 0.25) is 0 Å². The summed E-state index contributed by atoms with van der Waals surface area (Å²) in [6.45, 7) is 0.121. The third-order valence-corrected chi connectivity index (χ3v) is 8.44. The van der Waals surface area contributed by atoms with Crippen LogP contribution in [0.15, 0.2) is 0 Å². The van der Waals surface area contributed by atoms with Crippen molar-refractivity contribution in [1.29, 1.82) is 0 Å². The summed E-state index contributed by atoms with van der Waals surface area (Å²) < 4.78 is 23.8. The highest BCUT2D eigenvalue weighted by molar-refractivity contribution is 5.83. The Kier molecular flexibility index (Phi) is 14.5. The lowest BCUT2D eigenvalue weighted by atomic mass is 9.76. The van der Waals surface area contributed by atoms with Crippen molar-refractivity contribution in [2.45, 2.75) is 118 Å². The van der Waals surface area contributed by atoms with E-state index in [1.165, 1.54) is 0 Å². The van der Waals surface area contributed by atoms with E-state index in [1.807, 2.05) is 0 Å². The van der Waals surface area contributed by atoms with E-state index >= 15 is 0 Å². The van der Waals surface area contributed by atoms with Gasteiger partial charge in [0.25, 0.3) is 0 Å². The number of aliphatic hydroxyl groups is 6. The first kappa shape index (κ1) is 36.5. The molecule has 17 nitrogen and oxygen atoms in total. The lowest BCUT2D eigenvalue weighted by molar-refractivity contribution is -0.318. The number of hydrogen-bond donors (Lipinski definition) is 12. The second-order valence-corrected chi connectivity index (χ2v) is 11.9. The first-order valence-corrected chi connectivity index (χ1v) is 14.9. The van der Waals surface area contributed by atoms with Gasteiger partial charge in [-0.15, -0.1) is 0 Å². The predicted octanol–water partition coefficient (Wildman–Crippen LogP) is -6.36. The van der Waals surface area contributed by atoms with Crippen molar-refractivity contribution in [2.75, 3.05) is 32.8 Å². The van der Waals surface area contributed by atoms with Gasteiger partial charge in [0.05, 0.1) is 37.5 Å². The standard InChI is InChI=1S/C26H52N6O11/c27-4-3-16(35)17(36)6-11-5-15(30)24(43-25-14(29)2-1-13(40-25)8-32-7-12(28)9-33)22(39)23(11)42-26-21(38)19(31)20(37)18(10-34)41-26/h11-16,18-26,32-35,37-39H,1-10,27-31H2/t11-,12?,13-,14+,15-,16-,18+,19-,20+,21+,22+,23-,24?,25+,26+/m0/s1. The number of nitrogens with one attached hydrogen (secondary N) is 1. The van der Waals surface area contributed by atoms with Crippen molar-refractivity contribution in [2.24, 2.45) is 34.6 Å². The fraction of sp³-hybridized carbons (Fsp3) is 0.962. The van der Waals surface area contributed by atoms with Gasteiger partial charge in [0, 0.05) is 31.6 Å². The third kappa shape index (κ3) is 9.52. The van der Waals surface area contributed by atoms with Crippen molar-refractivity contribution in [1.82, 2.24) is 5.32 Å². The minimum atomic E-state index is -1.54. The summed E-state index contributed by atoms with van der Waals surface area (Å²) in [5.74, 6) is -1.27. The number of hydrogen-bond acceptors (Lipinski definition) is 17. The third-order valence-electron chi connectivity index (χ3n) is 8.44. The molecule has 0 radical (unpaired) electrons. The van der Waals surface area contributed by atoms with Crippen LogP contribution in [-0.4, -0.2) is 155 Å². The Bertz CT molecular complexity index is 849. The van der Waals surface area contributed by atoms with Crippen molar-refractivity contribution in [3.05, 3.63) is 0 Å². The highest BCUT2D eigenvalue weighted by atomic mass is 16.7. The van der Waals surface area contributed by atoms with Crippen molar-refractivity contribution in [3.8, 4) is 0 Å². The Morgan fingerprint density at radius 1 is 0.953 bits per heavy atom. The summed E-state index contributed by atoms with van der Waals surface area (Å²) in [5.41, 5.74) is 29.9. The smallest absolute Gasteiger partial charge is 0.186 e. The summed E-state index contributed by atoms with van der Waals surface area (Å²) in [4.78, 5) is 12.8. The van der Waals surface area contributed by atoms with Crippen LogP contribution in [0.3, 0.4) is 0 Å². The summed E-state index contributed by atoms with van der Waals surface area (Å²) in [6, 6.07) is -2.99. The summed E-state index contributed by atoms with van der Waals surface area (Å²) >= 11 is 0. The molecule has 1 aliphatic carbocycles. The Labute approximate surface area is 250 Å². The topological polar surface area (TPSA) is 318 Å². The lowest BCUT2D eigenvalue weighted by Crippen LogP contribution is -2.66. The molecular weight excluding hydrogens is 572 g/mol. The Morgan fingerprint density at radius 3 is 2.30 bits per heavy atom. The van der Waals surface area contributed by atoms with Gasteiger partial charge in [-0.05, 0) is 38.1 Å². The number of nitrogens with two attached hydrogens (primary N) is 5. The van der Waals surface area contributed by atoms with E-state index in [0.29, 0.717) is 25.9 Å². The molecule has 2 heterocycles. The molecule has 0 aromatic heterocycles. The zero-order valence-corrected chi connectivity index (χ0v) is 24.3. The SMILES string of the molecule is NCC[C@H](O)C(=O)C[C@@H]1C[C@H](N)C(O[C@H]2O[C@H](CNCC(N)CO)CC[C@H]2N)[C@H](O)[C@H]1O[C@H]1O[C@H](CO)[C@@H](O)[C@H](N)[C@H]1O. The summed E-state index contributed by atoms with van der Waals surface area (Å²) in [7, 11) is 0. The van der Waals surface area contributed by atoms with Crippen molar-refractivity contribution < 1.29 is 54.4 Å². The number of rotatable bonds is 15. The van der Waals surface area contributed by atoms with E-state index < -0.39 is 97.8 Å². The van der Waals surface area contributed by atoms with Gasteiger partial charge in [-0.1, -0.05) is 0 Å². The predicted molar refractivity (Wildman–Crippen MR) is 151 cm³/mol. The van der Waals surface area contributed by atoms with Gasteiger partial charge >= 0.3 is 0 Å². The maximum Gasteiger partial charge on any atom is 0.186 e. The number of ketones is 1. The molecule has 17 N–H and O–H groups in total. The number of carbonyl (C=O) groups is 1. The van der Waals surface area contributed by atoms with E-state index in [4.69, 9.17) is 52.7 Å². The Morgan fingerprint density at radius 2 is 1.65 bits per heavy atom. The van der Waals surface area contributed by atoms with Crippen LogP contribution in [0.25, 0.3) is 0 Å². The molecule has 0 spiro atoms. The maximum absolute atomic E-state index is 12.8. The van der Waals surface area contributed by atoms with E-state index in [0.717, 1.165) is 0 Å². The molecule has 43 heavy (non-hydrogen) atoms. The van der Waals surface area contributed by atoms with E-state index in [2.05, 4.69) is 5.32 Å². The monoisotopic (exact) mass is 624 g/mol. The normalized spacial score (nSPS) is 42.0. The molecule has 0 bridgehead atoms. The number of carbonyl (C=O) groups excluding carboxylic acids is 1. The molecule has 0 aromatic rings. The van der Waals surface area contributed by atoms with Gasteiger partial charge < -0.3 is 83.6 Å². The fourth-order valence-electron chi connectivity index (χ4n) is 5.81. The van der Waals surface area contributed by atoms with Gasteiger partial charge in [-0.2, -0.15) is 0 Å². The van der Waals surface area contributed by atoms with Crippen LogP contribution in [0.4, 0.5) is 0 Å². The summed E-state index contributed by atoms with van der Waals surface area (Å²) in [6.07, 6.45) is -10.8. The zero-order chi connectivity index (χ0) is 31.8. The number of aliphatic hydroxyl groups excluding tert-OH is 6. The molecule has 3 aliphatic rings. The second-order valence-electron chi connectivity index (χ2n) is 11.9. The lowest BCUT2D eigenvalue weighted by Gasteiger charge is -2.48. The Hall–Kier alpha value is -0.970. The number of Topliss-reactive ketones (excluding diaryl/α,β-unsaturated/α-hetero) is 1. The van der Waals surface area contributed by atoms with Crippen molar-refractivity contribution in [3.63, 3.8) is 0 Å². The van der Waals surface area contributed by atoms with E-state index in [-0.39, 0.29) is 38.5 Å². The molecule has 17 heteroatoms. The molecule has 2 saturated heterocycles. The average Bonchev–Trinajstić information content (AvgIpc) is 2.98. The molecule has 2 aliphatic heterocycles. The maximum atomic E-state index is 12.8. The van der Waals surface area contributed by atoms with Crippen LogP contribution in [0.1, 0.15) is 32.1 Å². The molecule has 15 atom stereocenters. The van der Waals surface area contributed by atoms with Gasteiger partial charge in [0.15, 0.2) is 18.4 Å². The summed E-state index contributed by atoms with van der Waals surface area (Å²) in [5, 5.41) is 64.6. The highest BCUT2D eigenvalue weighted by Crippen LogP contribution is 2.36. The van der Waals surface area contributed by atoms with Gasteiger partial charge in [-0.3, -0.25) is 4.79 Å². The molecule has 0 aromatic carbocycles. The van der Waals surface area contributed by atoms with Gasteiger partial charge in [-0.25, -0.2) is 0 Å². The average molecular weight is 625 g/mol. The molecule has 3 fully saturated rings. The number of ether oxygens (including phenoxy) is 4. The highest BCUT2D eigenvalue weighted by Gasteiger charge is 2.51. The van der Waals surface area contributed by atoms with E-state index in [9.17, 15) is 30.3 Å². The second kappa shape index (κ2) is 17.1. The molecule has 3 rings (SSSR count).